The summed E-state index contributed by atoms with van der Waals surface area (Å²) in [5, 5.41) is 3.77. The molecule has 0 aliphatic carbocycles. The lowest BCUT2D eigenvalue weighted by atomic mass is 10.2. The highest BCUT2D eigenvalue weighted by atomic mass is 32.2. The molecule has 1 aliphatic rings. The zero-order valence-corrected chi connectivity index (χ0v) is 11.0. The summed E-state index contributed by atoms with van der Waals surface area (Å²) in [7, 11) is 0. The second-order valence-corrected chi connectivity index (χ2v) is 5.26. The normalized spacial score (nSPS) is 17.1. The minimum Gasteiger partial charge on any atom is -0.493 e. The number of thioether (sulfide) groups is 1. The Balaban J connectivity index is 1.90. The van der Waals surface area contributed by atoms with Crippen LogP contribution in [-0.4, -0.2) is 6.61 Å². The molecule has 92 valence electrons. The highest BCUT2D eigenvalue weighted by Crippen LogP contribution is 2.48. The molecule has 1 N–H and O–H groups in total. The number of ether oxygens (including phenoxy) is 1. The fourth-order valence-corrected chi connectivity index (χ4v) is 3.28. The lowest BCUT2D eigenvalue weighted by molar-refractivity contribution is 0.337. The number of nitrogens with one attached hydrogen (secondary N) is 1. The van der Waals surface area contributed by atoms with Crippen molar-refractivity contribution in [3.05, 3.63) is 54.1 Å². The van der Waals surface area contributed by atoms with Crippen molar-refractivity contribution in [1.29, 1.82) is 0 Å². The monoisotopic (exact) mass is 257 g/mol. The van der Waals surface area contributed by atoms with Crippen LogP contribution in [0.3, 0.4) is 0 Å². The molecule has 1 unspecified atom stereocenters. The van der Waals surface area contributed by atoms with Gasteiger partial charge in [0.2, 0.25) is 0 Å². The number of fused-ring (bicyclic) bond motifs is 1. The van der Waals surface area contributed by atoms with E-state index in [1.807, 2.05) is 30.8 Å². The zero-order chi connectivity index (χ0) is 12.4. The first kappa shape index (κ1) is 11.5. The van der Waals surface area contributed by atoms with Crippen molar-refractivity contribution in [2.75, 3.05) is 11.9 Å². The van der Waals surface area contributed by atoms with Crippen LogP contribution in [0.5, 0.6) is 5.75 Å². The summed E-state index contributed by atoms with van der Waals surface area (Å²) in [6.45, 7) is 2.71. The third-order valence-electron chi connectivity index (χ3n) is 2.92. The molecule has 0 aromatic heterocycles. The van der Waals surface area contributed by atoms with Crippen LogP contribution in [-0.2, 0) is 0 Å². The van der Waals surface area contributed by atoms with E-state index in [0.717, 1.165) is 5.75 Å². The molecule has 0 saturated heterocycles. The van der Waals surface area contributed by atoms with Crippen molar-refractivity contribution in [1.82, 2.24) is 0 Å². The highest BCUT2D eigenvalue weighted by molar-refractivity contribution is 8.00. The van der Waals surface area contributed by atoms with Gasteiger partial charge in [-0.1, -0.05) is 42.1 Å². The number of anilines is 1. The maximum atomic E-state index is 5.69. The summed E-state index contributed by atoms with van der Waals surface area (Å²) in [4.78, 5) is 1.30. The minimum absolute atomic E-state index is 0.241. The van der Waals surface area contributed by atoms with Crippen LogP contribution in [0.4, 0.5) is 5.69 Å². The maximum absolute atomic E-state index is 5.69. The van der Waals surface area contributed by atoms with Gasteiger partial charge in [0.1, 0.15) is 11.1 Å². The molecule has 0 fully saturated rings. The van der Waals surface area contributed by atoms with Crippen molar-refractivity contribution >= 4 is 17.4 Å². The zero-order valence-electron chi connectivity index (χ0n) is 10.2. The molecule has 3 rings (SSSR count). The minimum atomic E-state index is 0.241. The lowest BCUT2D eigenvalue weighted by Gasteiger charge is -2.15. The summed E-state index contributed by atoms with van der Waals surface area (Å²) in [5.74, 6) is 0.970. The Morgan fingerprint density at radius 2 is 1.89 bits per heavy atom. The van der Waals surface area contributed by atoms with E-state index in [4.69, 9.17) is 4.74 Å². The molecule has 18 heavy (non-hydrogen) atoms. The van der Waals surface area contributed by atoms with E-state index in [2.05, 4.69) is 41.7 Å². The number of hydrogen-bond acceptors (Lipinski definition) is 3. The van der Waals surface area contributed by atoms with E-state index >= 15 is 0 Å². The topological polar surface area (TPSA) is 21.3 Å². The van der Waals surface area contributed by atoms with Crippen molar-refractivity contribution < 1.29 is 4.74 Å². The quantitative estimate of drug-likeness (QED) is 0.885. The highest BCUT2D eigenvalue weighted by Gasteiger charge is 2.24. The van der Waals surface area contributed by atoms with E-state index in [1.54, 1.807) is 0 Å². The Hall–Kier alpha value is -1.61. The van der Waals surface area contributed by atoms with Gasteiger partial charge in [-0.3, -0.25) is 0 Å². The van der Waals surface area contributed by atoms with Crippen LogP contribution in [0, 0.1) is 0 Å². The van der Waals surface area contributed by atoms with Gasteiger partial charge in [0, 0.05) is 16.1 Å². The molecule has 2 aromatic carbocycles. The summed E-state index contributed by atoms with van der Waals surface area (Å²) < 4.78 is 5.69. The molecule has 2 aromatic rings. The first-order chi connectivity index (χ1) is 8.88. The average molecular weight is 257 g/mol. The van der Waals surface area contributed by atoms with Crippen LogP contribution in [0.25, 0.3) is 0 Å². The van der Waals surface area contributed by atoms with Gasteiger partial charge in [-0.2, -0.15) is 0 Å². The van der Waals surface area contributed by atoms with E-state index in [-0.39, 0.29) is 5.37 Å². The van der Waals surface area contributed by atoms with Gasteiger partial charge in [-0.15, -0.1) is 0 Å². The largest absolute Gasteiger partial charge is 0.493 e. The molecule has 0 saturated carbocycles. The maximum Gasteiger partial charge on any atom is 0.125 e. The predicted molar refractivity (Wildman–Crippen MR) is 76.3 cm³/mol. The van der Waals surface area contributed by atoms with Crippen molar-refractivity contribution in [3.63, 3.8) is 0 Å². The van der Waals surface area contributed by atoms with Gasteiger partial charge in [0.15, 0.2) is 0 Å². The summed E-state index contributed by atoms with van der Waals surface area (Å²) in [6.07, 6.45) is 0. The van der Waals surface area contributed by atoms with Crippen LogP contribution >= 0.6 is 11.8 Å². The van der Waals surface area contributed by atoms with Gasteiger partial charge < -0.3 is 10.1 Å². The van der Waals surface area contributed by atoms with E-state index < -0.39 is 0 Å². The molecule has 0 spiro atoms. The first-order valence-corrected chi connectivity index (χ1v) is 7.00. The van der Waals surface area contributed by atoms with E-state index in [9.17, 15) is 0 Å². The molecule has 1 atom stereocenters. The van der Waals surface area contributed by atoms with Gasteiger partial charge in [-0.25, -0.2) is 0 Å². The summed E-state index contributed by atoms with van der Waals surface area (Å²) in [5.41, 5.74) is 2.42. The number of hydrogen-bond donors (Lipinski definition) is 1. The fraction of sp³-hybridized carbons (Fsp3) is 0.200. The Kier molecular flexibility index (Phi) is 3.15. The van der Waals surface area contributed by atoms with Crippen molar-refractivity contribution in [2.45, 2.75) is 17.2 Å². The summed E-state index contributed by atoms with van der Waals surface area (Å²) in [6, 6.07) is 16.6. The van der Waals surface area contributed by atoms with Crippen LogP contribution in [0.15, 0.2) is 53.4 Å². The molecule has 0 bridgehead atoms. The second-order valence-electron chi connectivity index (χ2n) is 4.11. The van der Waals surface area contributed by atoms with Crippen LogP contribution < -0.4 is 10.1 Å². The van der Waals surface area contributed by atoms with Crippen molar-refractivity contribution in [2.24, 2.45) is 0 Å². The third kappa shape index (κ3) is 2.06. The van der Waals surface area contributed by atoms with Gasteiger partial charge in [0.05, 0.1) is 6.61 Å². The van der Waals surface area contributed by atoms with Crippen LogP contribution in [0.2, 0.25) is 0 Å². The van der Waals surface area contributed by atoms with Gasteiger partial charge >= 0.3 is 0 Å². The molecule has 2 nitrogen and oxygen atoms in total. The molecule has 3 heteroatoms. The lowest BCUT2D eigenvalue weighted by Crippen LogP contribution is -2.04. The van der Waals surface area contributed by atoms with Crippen molar-refractivity contribution in [3.8, 4) is 5.75 Å². The third-order valence-corrected chi connectivity index (χ3v) is 4.14. The Morgan fingerprint density at radius 1 is 1.11 bits per heavy atom. The standard InChI is InChI=1S/C15H15NOS/c1-2-17-13-9-5-3-7-11(13)15-16-12-8-4-6-10-14(12)18-15/h3-10,15-16H,2H2,1H3. The molecule has 0 amide bonds. The first-order valence-electron chi connectivity index (χ1n) is 6.12. The molecular formula is C15H15NOS. The smallest absolute Gasteiger partial charge is 0.125 e. The van der Waals surface area contributed by atoms with Gasteiger partial charge in [0.25, 0.3) is 0 Å². The number of para-hydroxylation sites is 2. The summed E-state index contributed by atoms with van der Waals surface area (Å²) >= 11 is 1.84. The number of rotatable bonds is 3. The molecule has 1 aliphatic heterocycles. The Bertz CT molecular complexity index is 531. The molecule has 0 radical (unpaired) electrons. The Morgan fingerprint density at radius 3 is 2.72 bits per heavy atom. The van der Waals surface area contributed by atoms with E-state index in [0.29, 0.717) is 6.61 Å². The number of benzene rings is 2. The molecular weight excluding hydrogens is 242 g/mol. The van der Waals surface area contributed by atoms with Crippen LogP contribution in [0.1, 0.15) is 17.9 Å². The van der Waals surface area contributed by atoms with Gasteiger partial charge in [-0.05, 0) is 25.1 Å². The predicted octanol–water partition coefficient (Wildman–Crippen LogP) is 4.30. The van der Waals surface area contributed by atoms with E-state index in [1.165, 1.54) is 16.1 Å². The average Bonchev–Trinajstić information content (AvgIpc) is 2.83. The molecule has 1 heterocycles. The second kappa shape index (κ2) is 4.94. The fourth-order valence-electron chi connectivity index (χ4n) is 2.11. The SMILES string of the molecule is CCOc1ccccc1C1Nc2ccccc2S1. The Labute approximate surface area is 111 Å².